The van der Waals surface area contributed by atoms with Crippen molar-refractivity contribution in [2.24, 2.45) is 5.84 Å². The van der Waals surface area contributed by atoms with Gasteiger partial charge in [0.15, 0.2) is 0 Å². The third kappa shape index (κ3) is 3.07. The number of hydrazine groups is 1. The van der Waals surface area contributed by atoms with Crippen molar-refractivity contribution in [3.8, 4) is 22.3 Å². The van der Waals surface area contributed by atoms with E-state index in [1.807, 2.05) is 0 Å². The summed E-state index contributed by atoms with van der Waals surface area (Å²) in [5.74, 6) is 6.62. The molecule has 0 bridgehead atoms. The van der Waals surface area contributed by atoms with Gasteiger partial charge in [-0.15, -0.1) is 0 Å². The predicted octanol–water partition coefficient (Wildman–Crippen LogP) is 7.29. The zero-order chi connectivity index (χ0) is 21.8. The summed E-state index contributed by atoms with van der Waals surface area (Å²) < 4.78 is 0. The highest BCUT2D eigenvalue weighted by atomic mass is 15.4. The molecule has 1 aliphatic carbocycles. The van der Waals surface area contributed by atoms with Gasteiger partial charge in [-0.3, -0.25) is 5.01 Å². The molecule has 0 spiro atoms. The summed E-state index contributed by atoms with van der Waals surface area (Å²) in [7, 11) is 0. The van der Waals surface area contributed by atoms with Gasteiger partial charge in [-0.1, -0.05) is 74.5 Å². The van der Waals surface area contributed by atoms with Crippen LogP contribution in [-0.2, 0) is 5.41 Å². The maximum Gasteiger partial charge on any atom is 0.0578 e. The average molecular weight is 405 g/mol. The van der Waals surface area contributed by atoms with Gasteiger partial charge in [-0.05, 0) is 82.6 Å². The smallest absolute Gasteiger partial charge is 0.0578 e. The van der Waals surface area contributed by atoms with Gasteiger partial charge >= 0.3 is 0 Å². The van der Waals surface area contributed by atoms with Crippen LogP contribution in [0.5, 0.6) is 0 Å². The molecule has 1 aliphatic rings. The molecule has 0 aliphatic heterocycles. The van der Waals surface area contributed by atoms with Crippen molar-refractivity contribution in [3.05, 3.63) is 107 Å². The van der Waals surface area contributed by atoms with Crippen LogP contribution in [-0.4, -0.2) is 0 Å². The summed E-state index contributed by atoms with van der Waals surface area (Å²) in [5.41, 5.74) is 12.3. The zero-order valence-electron chi connectivity index (χ0n) is 18.6. The van der Waals surface area contributed by atoms with Gasteiger partial charge in [0.05, 0.1) is 11.4 Å². The molecule has 0 saturated heterocycles. The minimum Gasteiger partial charge on any atom is -0.280 e. The lowest BCUT2D eigenvalue weighted by Crippen LogP contribution is -2.25. The van der Waals surface area contributed by atoms with E-state index >= 15 is 0 Å². The zero-order valence-corrected chi connectivity index (χ0v) is 18.6. The van der Waals surface area contributed by atoms with E-state index in [1.165, 1.54) is 44.5 Å². The first kappa shape index (κ1) is 19.6. The highest BCUT2D eigenvalue weighted by Gasteiger charge is 2.35. The van der Waals surface area contributed by atoms with E-state index in [0.717, 1.165) is 11.4 Å². The summed E-state index contributed by atoms with van der Waals surface area (Å²) in [6.45, 7) is 8.90. The van der Waals surface area contributed by atoms with E-state index in [2.05, 4.69) is 113 Å². The van der Waals surface area contributed by atoms with E-state index in [-0.39, 0.29) is 5.41 Å². The maximum absolute atomic E-state index is 6.62. The minimum absolute atomic E-state index is 0.0343. The van der Waals surface area contributed by atoms with Crippen LogP contribution in [0.3, 0.4) is 0 Å². The highest BCUT2D eigenvalue weighted by Crippen LogP contribution is 2.49. The molecule has 0 amide bonds. The van der Waals surface area contributed by atoms with Crippen molar-refractivity contribution in [1.82, 2.24) is 0 Å². The first-order valence-electron chi connectivity index (χ1n) is 10.8. The van der Waals surface area contributed by atoms with E-state index in [9.17, 15) is 0 Å². The van der Waals surface area contributed by atoms with Gasteiger partial charge in [0, 0.05) is 5.41 Å². The Kier molecular flexibility index (Phi) is 4.49. The van der Waals surface area contributed by atoms with Gasteiger partial charge in [0.25, 0.3) is 0 Å². The van der Waals surface area contributed by atoms with Gasteiger partial charge < -0.3 is 0 Å². The molecule has 0 unspecified atom stereocenters. The lowest BCUT2D eigenvalue weighted by Gasteiger charge is -2.25. The molecule has 0 atom stereocenters. The maximum atomic E-state index is 6.62. The molecular formula is C29H28N2. The van der Waals surface area contributed by atoms with Crippen molar-refractivity contribution >= 4 is 11.4 Å². The third-order valence-corrected chi connectivity index (χ3v) is 6.77. The molecule has 0 fully saturated rings. The predicted molar refractivity (Wildman–Crippen MR) is 132 cm³/mol. The first-order valence-corrected chi connectivity index (χ1v) is 10.8. The number of aryl methyl sites for hydroxylation is 2. The van der Waals surface area contributed by atoms with Gasteiger partial charge in [-0.2, -0.15) is 0 Å². The van der Waals surface area contributed by atoms with Crippen LogP contribution in [0, 0.1) is 13.8 Å². The largest absolute Gasteiger partial charge is 0.280 e. The number of hydrogen-bond acceptors (Lipinski definition) is 2. The normalized spacial score (nSPS) is 13.6. The van der Waals surface area contributed by atoms with Gasteiger partial charge in [0.2, 0.25) is 0 Å². The average Bonchev–Trinajstić information content (AvgIpc) is 3.01. The first-order chi connectivity index (χ1) is 14.9. The van der Waals surface area contributed by atoms with Crippen LogP contribution < -0.4 is 10.9 Å². The van der Waals surface area contributed by atoms with Crippen LogP contribution in [0.2, 0.25) is 0 Å². The topological polar surface area (TPSA) is 29.3 Å². The monoisotopic (exact) mass is 404 g/mol. The fourth-order valence-electron chi connectivity index (χ4n) is 4.97. The van der Waals surface area contributed by atoms with Crippen LogP contribution in [0.1, 0.15) is 36.1 Å². The molecule has 0 saturated carbocycles. The lowest BCUT2D eigenvalue weighted by molar-refractivity contribution is 0.660. The Labute approximate surface area is 184 Å². The van der Waals surface area contributed by atoms with Gasteiger partial charge in [-0.25, -0.2) is 5.84 Å². The van der Waals surface area contributed by atoms with Crippen molar-refractivity contribution in [2.45, 2.75) is 33.1 Å². The number of nitrogens with zero attached hydrogens (tertiary/aromatic N) is 1. The Balaban J connectivity index is 1.52. The lowest BCUT2D eigenvalue weighted by atomic mass is 9.82. The van der Waals surface area contributed by atoms with E-state index in [0.29, 0.717) is 0 Å². The molecule has 2 N–H and O–H groups in total. The Hall–Kier alpha value is -3.36. The fourth-order valence-corrected chi connectivity index (χ4v) is 4.97. The third-order valence-electron chi connectivity index (χ3n) is 6.77. The summed E-state index contributed by atoms with van der Waals surface area (Å²) in [6.07, 6.45) is 0. The van der Waals surface area contributed by atoms with Crippen molar-refractivity contribution < 1.29 is 0 Å². The number of hydrogen-bond donors (Lipinski definition) is 1. The summed E-state index contributed by atoms with van der Waals surface area (Å²) in [4.78, 5) is 0. The second kappa shape index (κ2) is 7.11. The molecule has 31 heavy (non-hydrogen) atoms. The fraction of sp³-hybridized carbons (Fsp3) is 0.172. The summed E-state index contributed by atoms with van der Waals surface area (Å²) in [6, 6.07) is 30.3. The quantitative estimate of drug-likeness (QED) is 0.287. The van der Waals surface area contributed by atoms with E-state index in [1.54, 1.807) is 5.01 Å². The highest BCUT2D eigenvalue weighted by molar-refractivity contribution is 5.83. The molecule has 2 heteroatoms. The summed E-state index contributed by atoms with van der Waals surface area (Å²) >= 11 is 0. The molecule has 154 valence electrons. The second-order valence-electron chi connectivity index (χ2n) is 9.08. The standard InChI is InChI=1S/C29H28N2/c1-19-9-5-6-10-23(19)24-15-13-21(17-20(24)2)31(30)22-14-16-26-25-11-7-8-12-27(25)29(3,4)28(26)18-22/h5-18H,30H2,1-4H3. The molecule has 5 rings (SSSR count). The SMILES string of the molecule is Cc1ccccc1-c1ccc(N(N)c2ccc3c(c2)C(C)(C)c2ccccc2-3)cc1C. The Morgan fingerprint density at radius 3 is 1.84 bits per heavy atom. The molecule has 0 aromatic heterocycles. The van der Waals surface area contributed by atoms with Crippen LogP contribution >= 0.6 is 0 Å². The molecule has 0 radical (unpaired) electrons. The molecule has 2 nitrogen and oxygen atoms in total. The van der Waals surface area contributed by atoms with Crippen LogP contribution in [0.15, 0.2) is 84.9 Å². The Bertz CT molecular complexity index is 1300. The number of fused-ring (bicyclic) bond motifs is 3. The number of rotatable bonds is 3. The molecule has 0 heterocycles. The van der Waals surface area contributed by atoms with E-state index in [4.69, 9.17) is 5.84 Å². The van der Waals surface area contributed by atoms with Crippen molar-refractivity contribution in [1.29, 1.82) is 0 Å². The molecular weight excluding hydrogens is 376 g/mol. The number of nitrogens with two attached hydrogens (primary N) is 1. The van der Waals surface area contributed by atoms with Crippen LogP contribution in [0.4, 0.5) is 11.4 Å². The van der Waals surface area contributed by atoms with Crippen LogP contribution in [0.25, 0.3) is 22.3 Å². The minimum atomic E-state index is -0.0343. The van der Waals surface area contributed by atoms with Crippen molar-refractivity contribution in [3.63, 3.8) is 0 Å². The number of anilines is 2. The van der Waals surface area contributed by atoms with Crippen molar-refractivity contribution in [2.75, 3.05) is 5.01 Å². The molecule has 4 aromatic rings. The number of benzene rings is 4. The molecule has 4 aromatic carbocycles. The Morgan fingerprint density at radius 2 is 1.13 bits per heavy atom. The van der Waals surface area contributed by atoms with Gasteiger partial charge in [0.1, 0.15) is 0 Å². The van der Waals surface area contributed by atoms with E-state index < -0.39 is 0 Å². The summed E-state index contributed by atoms with van der Waals surface area (Å²) in [5, 5.41) is 1.80. The second-order valence-corrected chi connectivity index (χ2v) is 9.08. The Morgan fingerprint density at radius 1 is 0.581 bits per heavy atom.